The van der Waals surface area contributed by atoms with Gasteiger partial charge in [-0.05, 0) is 98.9 Å². The van der Waals surface area contributed by atoms with E-state index in [0.29, 0.717) is 12.5 Å². The highest BCUT2D eigenvalue weighted by Gasteiger charge is 2.32. The number of fused-ring (bicyclic) bond motifs is 6. The number of halogens is 1. The largest absolute Gasteiger partial charge is 0.486 e. The minimum Gasteiger partial charge on any atom is -0.486 e. The van der Waals surface area contributed by atoms with Gasteiger partial charge < -0.3 is 14.5 Å². The number of benzene rings is 2. The maximum atomic E-state index is 14.0. The molecule has 0 radical (unpaired) electrons. The van der Waals surface area contributed by atoms with Gasteiger partial charge in [0.25, 0.3) is 0 Å². The van der Waals surface area contributed by atoms with Crippen molar-refractivity contribution in [2.75, 3.05) is 26.2 Å². The highest BCUT2D eigenvalue weighted by molar-refractivity contribution is 5.88. The molecule has 1 unspecified atom stereocenters. The second kappa shape index (κ2) is 8.77. The lowest BCUT2D eigenvalue weighted by Gasteiger charge is -2.34. The van der Waals surface area contributed by atoms with Gasteiger partial charge in [0.15, 0.2) is 11.5 Å². The fraction of sp³-hybridized carbons (Fsp3) is 0.433. The van der Waals surface area contributed by atoms with Crippen molar-refractivity contribution < 1.29 is 13.9 Å². The summed E-state index contributed by atoms with van der Waals surface area (Å²) >= 11 is 0. The third-order valence-corrected chi connectivity index (χ3v) is 8.08. The first kappa shape index (κ1) is 22.1. The Bertz CT molecular complexity index is 1440. The van der Waals surface area contributed by atoms with Gasteiger partial charge >= 0.3 is 0 Å². The van der Waals surface area contributed by atoms with E-state index < -0.39 is 0 Å². The predicted molar refractivity (Wildman–Crippen MR) is 139 cm³/mol. The highest BCUT2D eigenvalue weighted by Crippen LogP contribution is 2.39. The monoisotopic (exact) mass is 485 g/mol. The van der Waals surface area contributed by atoms with Crippen LogP contribution in [0.2, 0.25) is 0 Å². The summed E-state index contributed by atoms with van der Waals surface area (Å²) in [5, 5.41) is 2.07. The van der Waals surface area contributed by atoms with Crippen molar-refractivity contribution in [3.8, 4) is 11.5 Å². The number of nitrogens with zero attached hydrogens (tertiary/aromatic N) is 2. The summed E-state index contributed by atoms with van der Waals surface area (Å²) in [6, 6.07) is 13.2. The van der Waals surface area contributed by atoms with E-state index in [9.17, 15) is 4.39 Å². The number of H-pyrrole nitrogens is 1. The molecule has 0 amide bonds. The third-order valence-electron chi connectivity index (χ3n) is 8.08. The quantitative estimate of drug-likeness (QED) is 0.374. The molecular weight excluding hydrogens is 453 g/mol. The van der Waals surface area contributed by atoms with Crippen LogP contribution in [-0.2, 0) is 12.8 Å². The Morgan fingerprint density at radius 1 is 1.00 bits per heavy atom. The second-order valence-electron chi connectivity index (χ2n) is 11.0. The number of nitrogens with one attached hydrogen (secondary N) is 1. The molecule has 7 rings (SSSR count). The van der Waals surface area contributed by atoms with Crippen LogP contribution in [0.1, 0.15) is 36.2 Å². The number of aryl methyl sites for hydroxylation is 2. The molecule has 2 aromatic heterocycles. The Kier molecular flexibility index (Phi) is 5.38. The Balaban J connectivity index is 1.09. The first-order valence-electron chi connectivity index (χ1n) is 13.3. The zero-order valence-electron chi connectivity index (χ0n) is 20.7. The minimum atomic E-state index is -0.158. The molecule has 0 bridgehead atoms. The van der Waals surface area contributed by atoms with E-state index in [4.69, 9.17) is 9.47 Å². The van der Waals surface area contributed by atoms with Crippen LogP contribution in [0, 0.1) is 24.6 Å². The van der Waals surface area contributed by atoms with Gasteiger partial charge in [-0.15, -0.1) is 0 Å². The zero-order chi connectivity index (χ0) is 24.2. The van der Waals surface area contributed by atoms with Crippen LogP contribution in [0.5, 0.6) is 11.5 Å². The van der Waals surface area contributed by atoms with Crippen molar-refractivity contribution >= 4 is 21.8 Å². The van der Waals surface area contributed by atoms with Crippen LogP contribution in [0.3, 0.4) is 0 Å². The van der Waals surface area contributed by atoms with Crippen LogP contribution < -0.4 is 9.47 Å². The molecular formula is C30H32FN3O2. The Morgan fingerprint density at radius 3 is 2.78 bits per heavy atom. The van der Waals surface area contributed by atoms with Gasteiger partial charge in [0, 0.05) is 47.3 Å². The summed E-state index contributed by atoms with van der Waals surface area (Å²) in [5.74, 6) is 2.84. The third kappa shape index (κ3) is 4.21. The number of pyridine rings is 1. The fourth-order valence-electron chi connectivity index (χ4n) is 6.13. The normalized spacial score (nSPS) is 21.3. The van der Waals surface area contributed by atoms with Crippen molar-refractivity contribution in [2.45, 2.75) is 45.1 Å². The van der Waals surface area contributed by atoms with Crippen LogP contribution in [0.15, 0.2) is 42.5 Å². The van der Waals surface area contributed by atoms with Crippen molar-refractivity contribution in [2.24, 2.45) is 11.8 Å². The van der Waals surface area contributed by atoms with E-state index in [-0.39, 0.29) is 11.9 Å². The molecule has 2 aromatic carbocycles. The number of aromatic nitrogens is 2. The van der Waals surface area contributed by atoms with Gasteiger partial charge in [-0.2, -0.15) is 0 Å². The van der Waals surface area contributed by atoms with Gasteiger partial charge in [0.2, 0.25) is 0 Å². The number of hydrogen-bond acceptors (Lipinski definition) is 4. The molecule has 0 saturated heterocycles. The van der Waals surface area contributed by atoms with Crippen LogP contribution in [0.4, 0.5) is 4.39 Å². The van der Waals surface area contributed by atoms with E-state index in [2.05, 4.69) is 20.9 Å². The zero-order valence-corrected chi connectivity index (χ0v) is 20.7. The minimum absolute atomic E-state index is 0.00973. The molecule has 1 aliphatic heterocycles. The molecule has 3 aliphatic rings. The van der Waals surface area contributed by atoms with Crippen LogP contribution in [0.25, 0.3) is 21.8 Å². The van der Waals surface area contributed by atoms with Gasteiger partial charge in [-0.1, -0.05) is 0 Å². The number of rotatable bonds is 6. The van der Waals surface area contributed by atoms with Crippen LogP contribution in [-0.4, -0.2) is 47.2 Å². The van der Waals surface area contributed by atoms with Crippen molar-refractivity contribution in [1.29, 1.82) is 0 Å². The van der Waals surface area contributed by atoms with Gasteiger partial charge in [-0.25, -0.2) is 4.39 Å². The van der Waals surface area contributed by atoms with Gasteiger partial charge in [0.1, 0.15) is 18.5 Å². The van der Waals surface area contributed by atoms with Crippen molar-refractivity contribution in [3.63, 3.8) is 0 Å². The Morgan fingerprint density at radius 2 is 1.89 bits per heavy atom. The molecule has 2 aliphatic carbocycles. The van der Waals surface area contributed by atoms with E-state index in [1.54, 1.807) is 12.1 Å². The number of aromatic amines is 1. The number of hydrogen-bond donors (Lipinski definition) is 1. The summed E-state index contributed by atoms with van der Waals surface area (Å²) in [6.45, 7) is 5.60. The van der Waals surface area contributed by atoms with E-state index >= 15 is 0 Å². The molecule has 2 atom stereocenters. The highest BCUT2D eigenvalue weighted by atomic mass is 19.1. The summed E-state index contributed by atoms with van der Waals surface area (Å²) in [4.78, 5) is 10.8. The van der Waals surface area contributed by atoms with E-state index in [0.717, 1.165) is 83.8 Å². The van der Waals surface area contributed by atoms with E-state index in [1.807, 2.05) is 31.2 Å². The maximum absolute atomic E-state index is 14.0. The summed E-state index contributed by atoms with van der Waals surface area (Å²) in [5.41, 5.74) is 5.60. The number of ether oxygens (including phenoxy) is 2. The predicted octanol–water partition coefficient (Wildman–Crippen LogP) is 5.82. The first-order chi connectivity index (χ1) is 17.6. The summed E-state index contributed by atoms with van der Waals surface area (Å²) in [6.07, 6.45) is 5.83. The fourth-order valence-corrected chi connectivity index (χ4v) is 6.13. The molecule has 6 heteroatoms. The lowest BCUT2D eigenvalue weighted by atomic mass is 9.86. The summed E-state index contributed by atoms with van der Waals surface area (Å²) < 4.78 is 26.7. The van der Waals surface area contributed by atoms with Crippen LogP contribution >= 0.6 is 0 Å². The van der Waals surface area contributed by atoms with Crippen molar-refractivity contribution in [3.05, 3.63) is 65.2 Å². The van der Waals surface area contributed by atoms with Gasteiger partial charge in [0.05, 0.1) is 5.52 Å². The maximum Gasteiger partial charge on any atom is 0.171 e. The first-order valence-corrected chi connectivity index (χ1v) is 13.3. The molecule has 0 spiro atoms. The molecule has 36 heavy (non-hydrogen) atoms. The van der Waals surface area contributed by atoms with E-state index in [1.165, 1.54) is 24.1 Å². The molecule has 186 valence electrons. The summed E-state index contributed by atoms with van der Waals surface area (Å²) in [7, 11) is 0. The second-order valence-corrected chi connectivity index (χ2v) is 11.0. The van der Waals surface area contributed by atoms with Crippen molar-refractivity contribution in [1.82, 2.24) is 14.9 Å². The average Bonchev–Trinajstić information content (AvgIpc) is 3.62. The molecule has 5 nitrogen and oxygen atoms in total. The SMILES string of the molecule is Cc1ccc2c3c(ccc2n1)OC[C@H](CN(CC1CC1)CC1CCc2[nH]c4ccc(F)cc4c2C1)O3. The lowest BCUT2D eigenvalue weighted by Crippen LogP contribution is -2.44. The Hall–Kier alpha value is -3.12. The average molecular weight is 486 g/mol. The Labute approximate surface area is 210 Å². The molecule has 1 N–H and O–H groups in total. The topological polar surface area (TPSA) is 50.4 Å². The van der Waals surface area contributed by atoms with Gasteiger partial charge in [-0.3, -0.25) is 9.88 Å². The standard InChI is InChI=1S/C30H32FN3O2/c1-18-2-7-23-26(32-18)10-11-29-30(23)36-22(17-35-29)16-34(14-19-3-4-19)15-20-5-8-27-24(12-20)25-13-21(31)6-9-28(25)33-27/h2,6-7,9-11,13,19-20,22,33H,3-5,8,12,14-17H2,1H3/t20?,22-/m0/s1. The molecule has 4 aromatic rings. The molecule has 1 fully saturated rings. The molecule has 3 heterocycles. The lowest BCUT2D eigenvalue weighted by molar-refractivity contribution is 0.0532. The smallest absolute Gasteiger partial charge is 0.171 e. The molecule has 1 saturated carbocycles.